The van der Waals surface area contributed by atoms with Gasteiger partial charge in [0.15, 0.2) is 0 Å². The van der Waals surface area contributed by atoms with Crippen molar-refractivity contribution in [1.29, 1.82) is 0 Å². The topological polar surface area (TPSA) is 69.6 Å². The number of nitrogens with one attached hydrogen (secondary N) is 1. The van der Waals surface area contributed by atoms with Crippen LogP contribution < -0.4 is 5.32 Å². The van der Waals surface area contributed by atoms with Gasteiger partial charge < -0.3 is 10.4 Å². The zero-order valence-electron chi connectivity index (χ0n) is 11.0. The first kappa shape index (κ1) is 14.8. The van der Waals surface area contributed by atoms with Gasteiger partial charge in [-0.3, -0.25) is 14.5 Å². The Labute approximate surface area is 122 Å². The van der Waals surface area contributed by atoms with Gasteiger partial charge >= 0.3 is 5.97 Å². The molecule has 5 nitrogen and oxygen atoms in total. The molecule has 1 aliphatic carbocycles. The number of amides is 1. The molecule has 0 spiro atoms. The fourth-order valence-corrected chi connectivity index (χ4v) is 2.19. The smallest absolute Gasteiger partial charge is 0.304 e. The van der Waals surface area contributed by atoms with Crippen LogP contribution in [0, 0.1) is 0 Å². The lowest BCUT2D eigenvalue weighted by Crippen LogP contribution is -2.36. The zero-order chi connectivity index (χ0) is 14.5. The molecule has 2 N–H and O–H groups in total. The number of aliphatic carboxylic acids is 1. The van der Waals surface area contributed by atoms with Crippen LogP contribution in [0.4, 0.5) is 5.69 Å². The van der Waals surface area contributed by atoms with Crippen molar-refractivity contribution in [2.45, 2.75) is 25.3 Å². The highest BCUT2D eigenvalue weighted by atomic mass is 35.5. The third kappa shape index (κ3) is 4.51. The normalized spacial score (nSPS) is 14.3. The summed E-state index contributed by atoms with van der Waals surface area (Å²) in [5.74, 6) is -1.02. The summed E-state index contributed by atoms with van der Waals surface area (Å²) in [6, 6.07) is 7.37. The van der Waals surface area contributed by atoms with Crippen molar-refractivity contribution in [2.75, 3.05) is 18.4 Å². The third-order valence-electron chi connectivity index (χ3n) is 3.17. The first-order valence-electron chi connectivity index (χ1n) is 6.56. The maximum absolute atomic E-state index is 12.0. The Morgan fingerprint density at radius 2 is 2.05 bits per heavy atom. The van der Waals surface area contributed by atoms with Gasteiger partial charge in [-0.25, -0.2) is 0 Å². The molecule has 0 radical (unpaired) electrons. The largest absolute Gasteiger partial charge is 0.481 e. The van der Waals surface area contributed by atoms with Gasteiger partial charge in [-0.2, -0.15) is 0 Å². The van der Waals surface area contributed by atoms with Crippen LogP contribution in [-0.4, -0.2) is 41.0 Å². The molecule has 0 unspecified atom stereocenters. The number of carboxylic acids is 1. The van der Waals surface area contributed by atoms with Gasteiger partial charge in [-0.05, 0) is 25.0 Å². The van der Waals surface area contributed by atoms with E-state index >= 15 is 0 Å². The number of anilines is 1. The number of benzene rings is 1. The number of halogens is 1. The monoisotopic (exact) mass is 296 g/mol. The number of carboxylic acid groups (broad SMARTS) is 1. The molecule has 1 aromatic rings. The average molecular weight is 297 g/mol. The van der Waals surface area contributed by atoms with E-state index in [2.05, 4.69) is 5.32 Å². The first-order chi connectivity index (χ1) is 9.56. The standard InChI is InChI=1S/C14H17ClN2O3/c15-11-3-1-2-4-12(11)16-13(18)9-17(10-5-6-10)8-7-14(19)20/h1-4,10H,5-9H2,(H,16,18)(H,19,20). The van der Waals surface area contributed by atoms with E-state index in [0.717, 1.165) is 12.8 Å². The molecule has 0 heterocycles. The summed E-state index contributed by atoms with van der Waals surface area (Å²) in [7, 11) is 0. The van der Waals surface area contributed by atoms with E-state index < -0.39 is 5.97 Å². The van der Waals surface area contributed by atoms with Crippen molar-refractivity contribution in [2.24, 2.45) is 0 Å². The summed E-state index contributed by atoms with van der Waals surface area (Å²) >= 11 is 5.98. The average Bonchev–Trinajstić information content (AvgIpc) is 3.21. The van der Waals surface area contributed by atoms with Crippen LogP contribution in [0.1, 0.15) is 19.3 Å². The fraction of sp³-hybridized carbons (Fsp3) is 0.429. The molecule has 2 rings (SSSR count). The van der Waals surface area contributed by atoms with Crippen molar-refractivity contribution in [1.82, 2.24) is 4.90 Å². The maximum Gasteiger partial charge on any atom is 0.304 e. The van der Waals surface area contributed by atoms with Crippen molar-refractivity contribution < 1.29 is 14.7 Å². The van der Waals surface area contributed by atoms with E-state index in [9.17, 15) is 9.59 Å². The Balaban J connectivity index is 1.88. The first-order valence-corrected chi connectivity index (χ1v) is 6.94. The molecule has 6 heteroatoms. The quantitative estimate of drug-likeness (QED) is 0.809. The van der Waals surface area contributed by atoms with E-state index in [1.165, 1.54) is 0 Å². The second-order valence-corrected chi connectivity index (χ2v) is 5.28. The highest BCUT2D eigenvalue weighted by Crippen LogP contribution is 2.27. The predicted molar refractivity (Wildman–Crippen MR) is 76.9 cm³/mol. The minimum absolute atomic E-state index is 0.0515. The minimum atomic E-state index is -0.845. The minimum Gasteiger partial charge on any atom is -0.481 e. The van der Waals surface area contributed by atoms with Crippen LogP contribution in [0.25, 0.3) is 0 Å². The molecule has 0 atom stereocenters. The number of para-hydroxylation sites is 1. The van der Waals surface area contributed by atoms with Gasteiger partial charge in [0.1, 0.15) is 0 Å². The van der Waals surface area contributed by atoms with E-state index in [4.69, 9.17) is 16.7 Å². The molecule has 1 fully saturated rings. The third-order valence-corrected chi connectivity index (χ3v) is 3.50. The second kappa shape index (κ2) is 6.72. The summed E-state index contributed by atoms with van der Waals surface area (Å²) in [5.41, 5.74) is 0.577. The molecular formula is C14H17ClN2O3. The molecule has 20 heavy (non-hydrogen) atoms. The number of carbonyl (C=O) groups is 2. The molecule has 0 aliphatic heterocycles. The Morgan fingerprint density at radius 1 is 1.35 bits per heavy atom. The predicted octanol–water partition coefficient (Wildman–Crippen LogP) is 2.22. The summed E-state index contributed by atoms with van der Waals surface area (Å²) < 4.78 is 0. The summed E-state index contributed by atoms with van der Waals surface area (Å²) in [6.45, 7) is 0.596. The highest BCUT2D eigenvalue weighted by Gasteiger charge is 2.30. The van der Waals surface area contributed by atoms with Crippen LogP contribution >= 0.6 is 11.6 Å². The molecule has 1 saturated carbocycles. The molecule has 108 valence electrons. The summed E-state index contributed by atoms with van der Waals surface area (Å²) in [4.78, 5) is 24.5. The van der Waals surface area contributed by atoms with Gasteiger partial charge in [0.05, 0.1) is 23.7 Å². The molecular weight excluding hydrogens is 280 g/mol. The van der Waals surface area contributed by atoms with E-state index in [-0.39, 0.29) is 18.9 Å². The van der Waals surface area contributed by atoms with Crippen LogP contribution in [-0.2, 0) is 9.59 Å². The molecule has 0 bridgehead atoms. The SMILES string of the molecule is O=C(O)CCN(CC(=O)Nc1ccccc1Cl)C1CC1. The van der Waals surface area contributed by atoms with Gasteiger partial charge in [-0.1, -0.05) is 23.7 Å². The van der Waals surface area contributed by atoms with Crippen molar-refractivity contribution in [3.05, 3.63) is 29.3 Å². The van der Waals surface area contributed by atoms with E-state index in [0.29, 0.717) is 23.3 Å². The lowest BCUT2D eigenvalue weighted by molar-refractivity contribution is -0.137. The number of hydrogen-bond acceptors (Lipinski definition) is 3. The Morgan fingerprint density at radius 3 is 2.65 bits per heavy atom. The van der Waals surface area contributed by atoms with Gasteiger partial charge in [0.25, 0.3) is 0 Å². The van der Waals surface area contributed by atoms with Crippen LogP contribution in [0.15, 0.2) is 24.3 Å². The van der Waals surface area contributed by atoms with E-state index in [1.54, 1.807) is 24.3 Å². The van der Waals surface area contributed by atoms with Crippen molar-refractivity contribution >= 4 is 29.2 Å². The van der Waals surface area contributed by atoms with Crippen molar-refractivity contribution in [3.8, 4) is 0 Å². The summed E-state index contributed by atoms with van der Waals surface area (Å²) in [6.07, 6.45) is 2.11. The Hall–Kier alpha value is -1.59. The lowest BCUT2D eigenvalue weighted by atomic mass is 10.3. The number of hydrogen-bond donors (Lipinski definition) is 2. The van der Waals surface area contributed by atoms with Gasteiger partial charge in [-0.15, -0.1) is 0 Å². The molecule has 0 saturated heterocycles. The van der Waals surface area contributed by atoms with Crippen LogP contribution in [0.5, 0.6) is 0 Å². The molecule has 1 amide bonds. The number of nitrogens with zero attached hydrogens (tertiary/aromatic N) is 1. The maximum atomic E-state index is 12.0. The number of rotatable bonds is 7. The fourth-order valence-electron chi connectivity index (χ4n) is 2.01. The Kier molecular flexibility index (Phi) is 4.98. The number of carbonyl (C=O) groups excluding carboxylic acids is 1. The lowest BCUT2D eigenvalue weighted by Gasteiger charge is -2.20. The molecule has 0 aromatic heterocycles. The molecule has 1 aliphatic rings. The second-order valence-electron chi connectivity index (χ2n) is 4.87. The Bertz CT molecular complexity index is 503. The van der Waals surface area contributed by atoms with Crippen LogP contribution in [0.3, 0.4) is 0 Å². The van der Waals surface area contributed by atoms with Crippen molar-refractivity contribution in [3.63, 3.8) is 0 Å². The summed E-state index contributed by atoms with van der Waals surface area (Å²) in [5, 5.41) is 12.0. The zero-order valence-corrected chi connectivity index (χ0v) is 11.8. The van der Waals surface area contributed by atoms with Gasteiger partial charge in [0.2, 0.25) is 5.91 Å². The van der Waals surface area contributed by atoms with E-state index in [1.807, 2.05) is 4.90 Å². The highest BCUT2D eigenvalue weighted by molar-refractivity contribution is 6.33. The van der Waals surface area contributed by atoms with Crippen LogP contribution in [0.2, 0.25) is 5.02 Å². The van der Waals surface area contributed by atoms with Gasteiger partial charge in [0, 0.05) is 12.6 Å². The molecule has 1 aromatic carbocycles.